The number of hydrogen-bond acceptors (Lipinski definition) is 5. The molecule has 0 amide bonds. The standard InChI is InChI=1S/C15H20ClN3O2/c1-4-13(17-5-2)15-19-18-14(21-15)10(3)20-12-8-6-7-11(16)9-12/h6-10,13,17H,4-5H2,1-3H3. The fourth-order valence-electron chi connectivity index (χ4n) is 2.00. The summed E-state index contributed by atoms with van der Waals surface area (Å²) in [6.07, 6.45) is 0.558. The zero-order valence-electron chi connectivity index (χ0n) is 12.5. The first kappa shape index (κ1) is 15.8. The van der Waals surface area contributed by atoms with Gasteiger partial charge in [0.2, 0.25) is 5.89 Å². The molecule has 21 heavy (non-hydrogen) atoms. The molecule has 0 aliphatic heterocycles. The summed E-state index contributed by atoms with van der Waals surface area (Å²) < 4.78 is 11.5. The Bertz CT molecular complexity index is 574. The van der Waals surface area contributed by atoms with Crippen LogP contribution < -0.4 is 10.1 Å². The van der Waals surface area contributed by atoms with Gasteiger partial charge in [0, 0.05) is 5.02 Å². The lowest BCUT2D eigenvalue weighted by atomic mass is 10.2. The molecule has 0 fully saturated rings. The molecule has 1 aromatic heterocycles. The Morgan fingerprint density at radius 2 is 2.05 bits per heavy atom. The molecule has 0 aliphatic rings. The van der Waals surface area contributed by atoms with Crippen LogP contribution in [0.1, 0.15) is 51.1 Å². The van der Waals surface area contributed by atoms with Crippen LogP contribution in [-0.2, 0) is 0 Å². The minimum atomic E-state index is -0.330. The van der Waals surface area contributed by atoms with Crippen molar-refractivity contribution in [3.05, 3.63) is 41.1 Å². The molecule has 0 spiro atoms. The van der Waals surface area contributed by atoms with Gasteiger partial charge in [0.1, 0.15) is 5.75 Å². The van der Waals surface area contributed by atoms with Gasteiger partial charge in [0.05, 0.1) is 6.04 Å². The van der Waals surface area contributed by atoms with Crippen LogP contribution in [0.4, 0.5) is 0 Å². The molecule has 5 nitrogen and oxygen atoms in total. The molecule has 0 saturated carbocycles. The van der Waals surface area contributed by atoms with Crippen molar-refractivity contribution in [2.24, 2.45) is 0 Å². The van der Waals surface area contributed by atoms with Crippen LogP contribution in [0.15, 0.2) is 28.7 Å². The first-order valence-corrected chi connectivity index (χ1v) is 7.50. The number of nitrogens with zero attached hydrogens (tertiary/aromatic N) is 2. The molecule has 2 unspecified atom stereocenters. The summed E-state index contributed by atoms with van der Waals surface area (Å²) in [4.78, 5) is 0. The number of nitrogens with one attached hydrogen (secondary N) is 1. The fraction of sp³-hybridized carbons (Fsp3) is 0.467. The number of rotatable bonds is 7. The molecular weight excluding hydrogens is 290 g/mol. The smallest absolute Gasteiger partial charge is 0.256 e. The lowest BCUT2D eigenvalue weighted by molar-refractivity contribution is 0.183. The van der Waals surface area contributed by atoms with Gasteiger partial charge in [0.15, 0.2) is 6.10 Å². The molecule has 2 rings (SSSR count). The predicted molar refractivity (Wildman–Crippen MR) is 81.5 cm³/mol. The van der Waals surface area contributed by atoms with E-state index in [1.807, 2.05) is 26.0 Å². The highest BCUT2D eigenvalue weighted by Gasteiger charge is 2.20. The van der Waals surface area contributed by atoms with E-state index in [9.17, 15) is 0 Å². The van der Waals surface area contributed by atoms with Crippen LogP contribution in [0.3, 0.4) is 0 Å². The van der Waals surface area contributed by atoms with Gasteiger partial charge in [0.25, 0.3) is 5.89 Å². The highest BCUT2D eigenvalue weighted by Crippen LogP contribution is 2.25. The maximum atomic E-state index is 5.93. The first-order chi connectivity index (χ1) is 10.1. The molecule has 2 aromatic rings. The molecule has 0 aliphatic carbocycles. The van der Waals surface area contributed by atoms with E-state index < -0.39 is 0 Å². The third-order valence-electron chi connectivity index (χ3n) is 3.07. The summed E-state index contributed by atoms with van der Waals surface area (Å²) in [5.74, 6) is 1.73. The second kappa shape index (κ2) is 7.43. The van der Waals surface area contributed by atoms with Crippen LogP contribution in [0.5, 0.6) is 5.75 Å². The normalized spacial score (nSPS) is 13.9. The van der Waals surface area contributed by atoms with E-state index in [1.54, 1.807) is 12.1 Å². The quantitative estimate of drug-likeness (QED) is 0.840. The molecule has 2 atom stereocenters. The molecule has 0 bridgehead atoms. The second-order valence-corrected chi connectivity index (χ2v) is 5.15. The van der Waals surface area contributed by atoms with Crippen LogP contribution in [0.25, 0.3) is 0 Å². The Morgan fingerprint density at radius 3 is 2.71 bits per heavy atom. The van der Waals surface area contributed by atoms with E-state index in [-0.39, 0.29) is 12.1 Å². The molecule has 0 radical (unpaired) electrons. The predicted octanol–water partition coefficient (Wildman–Crippen LogP) is 3.92. The maximum Gasteiger partial charge on any atom is 0.256 e. The Hall–Kier alpha value is -1.59. The van der Waals surface area contributed by atoms with Gasteiger partial charge < -0.3 is 14.5 Å². The molecule has 1 N–H and O–H groups in total. The number of halogens is 1. The summed E-state index contributed by atoms with van der Waals surface area (Å²) in [5.41, 5.74) is 0. The highest BCUT2D eigenvalue weighted by molar-refractivity contribution is 6.30. The SMILES string of the molecule is CCNC(CC)c1nnc(C(C)Oc2cccc(Cl)c2)o1. The highest BCUT2D eigenvalue weighted by atomic mass is 35.5. The van der Waals surface area contributed by atoms with Crippen molar-refractivity contribution in [1.29, 1.82) is 0 Å². The Balaban J connectivity index is 2.06. The van der Waals surface area contributed by atoms with Crippen LogP contribution >= 0.6 is 11.6 Å². The average molecular weight is 310 g/mol. The van der Waals surface area contributed by atoms with E-state index in [1.165, 1.54) is 0 Å². The Labute approximate surface area is 129 Å². The molecule has 1 aromatic carbocycles. The lowest BCUT2D eigenvalue weighted by Crippen LogP contribution is -2.20. The van der Waals surface area contributed by atoms with Gasteiger partial charge in [-0.1, -0.05) is 31.5 Å². The lowest BCUT2D eigenvalue weighted by Gasteiger charge is -2.12. The van der Waals surface area contributed by atoms with Crippen molar-refractivity contribution in [2.45, 2.75) is 39.3 Å². The zero-order chi connectivity index (χ0) is 15.2. The van der Waals surface area contributed by atoms with Gasteiger partial charge >= 0.3 is 0 Å². The monoisotopic (exact) mass is 309 g/mol. The Kier molecular flexibility index (Phi) is 5.59. The first-order valence-electron chi connectivity index (χ1n) is 7.13. The molecular formula is C15H20ClN3O2. The summed E-state index contributed by atoms with van der Waals surface area (Å²) in [7, 11) is 0. The summed E-state index contributed by atoms with van der Waals surface area (Å²) in [5, 5.41) is 12.1. The molecule has 114 valence electrons. The second-order valence-electron chi connectivity index (χ2n) is 4.71. The van der Waals surface area contributed by atoms with Crippen molar-refractivity contribution in [3.8, 4) is 5.75 Å². The molecule has 0 saturated heterocycles. The van der Waals surface area contributed by atoms with Gasteiger partial charge in [-0.2, -0.15) is 0 Å². The Morgan fingerprint density at radius 1 is 1.29 bits per heavy atom. The van der Waals surface area contributed by atoms with Crippen LogP contribution in [0, 0.1) is 0 Å². The van der Waals surface area contributed by atoms with Crippen LogP contribution in [-0.4, -0.2) is 16.7 Å². The summed E-state index contributed by atoms with van der Waals surface area (Å²) in [6.45, 7) is 6.84. The largest absolute Gasteiger partial charge is 0.481 e. The zero-order valence-corrected chi connectivity index (χ0v) is 13.2. The van der Waals surface area contributed by atoms with E-state index in [0.717, 1.165) is 13.0 Å². The van der Waals surface area contributed by atoms with Gasteiger partial charge in [-0.3, -0.25) is 0 Å². The third-order valence-corrected chi connectivity index (χ3v) is 3.30. The number of benzene rings is 1. The van der Waals surface area contributed by atoms with Crippen molar-refractivity contribution < 1.29 is 9.15 Å². The minimum absolute atomic E-state index is 0.0784. The fourth-order valence-corrected chi connectivity index (χ4v) is 2.18. The number of aromatic nitrogens is 2. The number of hydrogen-bond donors (Lipinski definition) is 1. The van der Waals surface area contributed by atoms with Crippen molar-refractivity contribution in [1.82, 2.24) is 15.5 Å². The number of ether oxygens (including phenoxy) is 1. The third kappa shape index (κ3) is 4.19. The topological polar surface area (TPSA) is 60.2 Å². The van der Waals surface area contributed by atoms with E-state index >= 15 is 0 Å². The average Bonchev–Trinajstić information content (AvgIpc) is 2.94. The van der Waals surface area contributed by atoms with E-state index in [0.29, 0.717) is 22.6 Å². The maximum absolute atomic E-state index is 5.93. The molecule has 6 heteroatoms. The van der Waals surface area contributed by atoms with Crippen LogP contribution in [0.2, 0.25) is 5.02 Å². The van der Waals surface area contributed by atoms with Gasteiger partial charge in [-0.15, -0.1) is 10.2 Å². The van der Waals surface area contributed by atoms with E-state index in [4.69, 9.17) is 20.8 Å². The van der Waals surface area contributed by atoms with Gasteiger partial charge in [-0.05, 0) is 38.1 Å². The minimum Gasteiger partial charge on any atom is -0.481 e. The molecule has 1 heterocycles. The summed E-state index contributed by atoms with van der Waals surface area (Å²) in [6, 6.07) is 7.30. The van der Waals surface area contributed by atoms with Crippen molar-refractivity contribution in [2.75, 3.05) is 6.54 Å². The van der Waals surface area contributed by atoms with Crippen molar-refractivity contribution in [3.63, 3.8) is 0 Å². The van der Waals surface area contributed by atoms with Crippen molar-refractivity contribution >= 4 is 11.6 Å². The van der Waals surface area contributed by atoms with Gasteiger partial charge in [-0.25, -0.2) is 0 Å². The summed E-state index contributed by atoms with van der Waals surface area (Å²) >= 11 is 5.93. The van der Waals surface area contributed by atoms with E-state index in [2.05, 4.69) is 22.4 Å².